The molecule has 6 nitrogen and oxygen atoms in total. The molecule has 0 aliphatic rings. The minimum absolute atomic E-state index is 0.236. The lowest BCUT2D eigenvalue weighted by atomic mass is 10.1. The van der Waals surface area contributed by atoms with Crippen molar-refractivity contribution in [3.8, 4) is 0 Å². The first-order valence-corrected chi connectivity index (χ1v) is 6.09. The van der Waals surface area contributed by atoms with E-state index in [9.17, 15) is 13.2 Å². The van der Waals surface area contributed by atoms with Gasteiger partial charge < -0.3 is 10.5 Å². The van der Waals surface area contributed by atoms with Gasteiger partial charge in [0.05, 0.1) is 12.8 Å². The van der Waals surface area contributed by atoms with Crippen LogP contribution in [0.4, 0.5) is 0 Å². The summed E-state index contributed by atoms with van der Waals surface area (Å²) in [4.78, 5) is 10.6. The molecule has 0 saturated carbocycles. The standard InChI is InChI=1S/C10H12N2O4S/c1-16-10(13)9(17(12,14)15)8(11)7-5-3-2-4-6-7/h2-6H,11H2,1H3,(H2,12,14,15). The number of benzene rings is 1. The maximum atomic E-state index is 11.4. The first-order chi connectivity index (χ1) is 7.88. The number of methoxy groups -OCH3 is 1. The van der Waals surface area contributed by atoms with Crippen LogP contribution in [0.5, 0.6) is 0 Å². The monoisotopic (exact) mass is 256 g/mol. The van der Waals surface area contributed by atoms with Crippen LogP contribution in [0, 0.1) is 0 Å². The highest BCUT2D eigenvalue weighted by Gasteiger charge is 2.26. The van der Waals surface area contributed by atoms with E-state index in [2.05, 4.69) is 4.74 Å². The van der Waals surface area contributed by atoms with E-state index in [-0.39, 0.29) is 5.70 Å². The fourth-order valence-electron chi connectivity index (χ4n) is 1.22. The highest BCUT2D eigenvalue weighted by molar-refractivity contribution is 7.94. The van der Waals surface area contributed by atoms with Gasteiger partial charge in [0.2, 0.25) is 10.0 Å². The van der Waals surface area contributed by atoms with E-state index in [1.165, 1.54) is 0 Å². The molecule has 0 radical (unpaired) electrons. The summed E-state index contributed by atoms with van der Waals surface area (Å²) in [6, 6.07) is 8.15. The number of hydrogen-bond donors (Lipinski definition) is 2. The van der Waals surface area contributed by atoms with Crippen molar-refractivity contribution in [2.75, 3.05) is 7.11 Å². The van der Waals surface area contributed by atoms with Crippen molar-refractivity contribution in [1.29, 1.82) is 0 Å². The van der Waals surface area contributed by atoms with Crippen molar-refractivity contribution in [2.24, 2.45) is 10.9 Å². The van der Waals surface area contributed by atoms with Gasteiger partial charge in [0.1, 0.15) is 0 Å². The van der Waals surface area contributed by atoms with Gasteiger partial charge in [-0.25, -0.2) is 18.4 Å². The Balaban J connectivity index is 3.46. The van der Waals surface area contributed by atoms with Gasteiger partial charge in [-0.3, -0.25) is 0 Å². The Morgan fingerprint density at radius 3 is 2.18 bits per heavy atom. The van der Waals surface area contributed by atoms with Crippen LogP contribution in [-0.2, 0) is 19.6 Å². The minimum atomic E-state index is -4.24. The minimum Gasteiger partial charge on any atom is -0.465 e. The second-order valence-corrected chi connectivity index (χ2v) is 4.64. The Bertz CT molecular complexity index is 549. The molecule has 1 aromatic rings. The summed E-state index contributed by atoms with van der Waals surface area (Å²) < 4.78 is 26.9. The Morgan fingerprint density at radius 2 is 1.76 bits per heavy atom. The predicted molar refractivity (Wildman–Crippen MR) is 62.7 cm³/mol. The number of hydrogen-bond acceptors (Lipinski definition) is 5. The first kappa shape index (κ1) is 13.2. The molecule has 0 bridgehead atoms. The van der Waals surface area contributed by atoms with Gasteiger partial charge in [-0.2, -0.15) is 0 Å². The second-order valence-electron chi connectivity index (χ2n) is 3.15. The van der Waals surface area contributed by atoms with E-state index in [0.29, 0.717) is 5.56 Å². The van der Waals surface area contributed by atoms with Crippen molar-refractivity contribution in [3.05, 3.63) is 40.8 Å². The molecule has 0 amide bonds. The van der Waals surface area contributed by atoms with Gasteiger partial charge >= 0.3 is 5.97 Å². The highest BCUT2D eigenvalue weighted by atomic mass is 32.2. The maximum Gasteiger partial charge on any atom is 0.353 e. The molecule has 0 saturated heterocycles. The van der Waals surface area contributed by atoms with Crippen molar-refractivity contribution >= 4 is 21.7 Å². The van der Waals surface area contributed by atoms with Crippen molar-refractivity contribution in [3.63, 3.8) is 0 Å². The van der Waals surface area contributed by atoms with Crippen LogP contribution < -0.4 is 10.9 Å². The molecule has 17 heavy (non-hydrogen) atoms. The molecule has 4 N–H and O–H groups in total. The van der Waals surface area contributed by atoms with Gasteiger partial charge in [0.25, 0.3) is 0 Å². The van der Waals surface area contributed by atoms with Crippen molar-refractivity contribution in [2.45, 2.75) is 0 Å². The molecule has 0 spiro atoms. The first-order valence-electron chi connectivity index (χ1n) is 4.54. The third kappa shape index (κ3) is 3.05. The van der Waals surface area contributed by atoms with E-state index in [1.807, 2.05) is 0 Å². The fourth-order valence-corrected chi connectivity index (χ4v) is 1.96. The second kappa shape index (κ2) is 4.98. The largest absolute Gasteiger partial charge is 0.465 e. The summed E-state index contributed by atoms with van der Waals surface area (Å²) in [5.41, 5.74) is 5.76. The van der Waals surface area contributed by atoms with Gasteiger partial charge in [0.15, 0.2) is 4.91 Å². The summed E-state index contributed by atoms with van der Waals surface area (Å²) in [7, 11) is -3.20. The smallest absolute Gasteiger partial charge is 0.353 e. The fraction of sp³-hybridized carbons (Fsp3) is 0.100. The summed E-state index contributed by atoms with van der Waals surface area (Å²) >= 11 is 0. The quantitative estimate of drug-likeness (QED) is 0.573. The average Bonchev–Trinajstić information content (AvgIpc) is 2.28. The number of nitrogens with two attached hydrogens (primary N) is 2. The maximum absolute atomic E-state index is 11.4. The van der Waals surface area contributed by atoms with Gasteiger partial charge in [-0.05, 0) is 5.56 Å². The number of carbonyl (C=O) groups is 1. The molecule has 1 aromatic carbocycles. The third-order valence-corrected chi connectivity index (χ3v) is 2.94. The zero-order valence-electron chi connectivity index (χ0n) is 9.08. The van der Waals surface area contributed by atoms with Gasteiger partial charge in [0, 0.05) is 0 Å². The van der Waals surface area contributed by atoms with E-state index in [4.69, 9.17) is 10.9 Å². The number of ether oxygens (including phenoxy) is 1. The van der Waals surface area contributed by atoms with Crippen LogP contribution in [0.3, 0.4) is 0 Å². The lowest BCUT2D eigenvalue weighted by Gasteiger charge is -2.08. The normalized spacial score (nSPS) is 12.8. The van der Waals surface area contributed by atoms with E-state index in [1.54, 1.807) is 30.3 Å². The summed E-state index contributed by atoms with van der Waals surface area (Å²) in [5, 5.41) is 4.93. The molecular formula is C10H12N2O4S. The lowest BCUT2D eigenvalue weighted by Crippen LogP contribution is -2.25. The van der Waals surface area contributed by atoms with Crippen LogP contribution in [0.2, 0.25) is 0 Å². The lowest BCUT2D eigenvalue weighted by molar-refractivity contribution is -0.135. The molecule has 0 unspecified atom stereocenters. The number of sulfonamides is 1. The Morgan fingerprint density at radius 1 is 1.24 bits per heavy atom. The van der Waals surface area contributed by atoms with Crippen LogP contribution in [0.25, 0.3) is 5.70 Å². The van der Waals surface area contributed by atoms with E-state index in [0.717, 1.165) is 7.11 Å². The van der Waals surface area contributed by atoms with Crippen LogP contribution in [-0.4, -0.2) is 21.5 Å². The molecule has 0 aliphatic carbocycles. The Labute approximate surface area is 98.9 Å². The molecular weight excluding hydrogens is 244 g/mol. The van der Waals surface area contributed by atoms with Crippen LogP contribution >= 0.6 is 0 Å². The molecule has 0 aromatic heterocycles. The van der Waals surface area contributed by atoms with E-state index >= 15 is 0 Å². The average molecular weight is 256 g/mol. The van der Waals surface area contributed by atoms with Gasteiger partial charge in [-0.15, -0.1) is 0 Å². The third-order valence-electron chi connectivity index (χ3n) is 1.98. The predicted octanol–water partition coefficient (Wildman–Crippen LogP) is -0.225. The van der Waals surface area contributed by atoms with Gasteiger partial charge in [-0.1, -0.05) is 30.3 Å². The molecule has 1 rings (SSSR count). The molecule has 0 heterocycles. The van der Waals surface area contributed by atoms with Crippen molar-refractivity contribution < 1.29 is 17.9 Å². The molecule has 7 heteroatoms. The number of rotatable bonds is 3. The molecule has 0 aliphatic heterocycles. The van der Waals surface area contributed by atoms with Crippen LogP contribution in [0.15, 0.2) is 35.2 Å². The summed E-state index contributed by atoms with van der Waals surface area (Å²) in [5.74, 6) is -1.09. The Hall–Kier alpha value is -1.86. The summed E-state index contributed by atoms with van der Waals surface area (Å²) in [6.07, 6.45) is 0. The van der Waals surface area contributed by atoms with Crippen LogP contribution in [0.1, 0.15) is 5.56 Å². The molecule has 0 fully saturated rings. The highest BCUT2D eigenvalue weighted by Crippen LogP contribution is 2.17. The number of carbonyl (C=O) groups excluding carboxylic acids is 1. The summed E-state index contributed by atoms with van der Waals surface area (Å²) in [6.45, 7) is 0. The zero-order chi connectivity index (χ0) is 13.1. The molecule has 0 atom stereocenters. The number of primary sulfonamides is 1. The SMILES string of the molecule is COC(=O)C(=C(N)c1ccccc1)S(N)(=O)=O. The topological polar surface area (TPSA) is 112 Å². The molecule has 92 valence electrons. The van der Waals surface area contributed by atoms with Crippen molar-refractivity contribution in [1.82, 2.24) is 0 Å². The zero-order valence-corrected chi connectivity index (χ0v) is 9.90. The van der Waals surface area contributed by atoms with E-state index < -0.39 is 20.9 Å². The Kier molecular flexibility index (Phi) is 3.87. The number of esters is 1.